The van der Waals surface area contributed by atoms with Crippen molar-refractivity contribution in [1.82, 2.24) is 4.57 Å². The zero-order valence-electron chi connectivity index (χ0n) is 13.4. The molecule has 0 saturated carbocycles. The molecule has 0 aliphatic carbocycles. The highest BCUT2D eigenvalue weighted by molar-refractivity contribution is 5.87. The van der Waals surface area contributed by atoms with Gasteiger partial charge in [-0.15, -0.1) is 0 Å². The van der Waals surface area contributed by atoms with Crippen LogP contribution in [0.25, 0.3) is 10.9 Å². The molecule has 0 atom stereocenters. The molecule has 0 unspecified atom stereocenters. The molecule has 2 rings (SSSR count). The number of nitrogens with two attached hydrogens (primary N) is 1. The van der Waals surface area contributed by atoms with Gasteiger partial charge in [0.1, 0.15) is 0 Å². The number of rotatable bonds is 7. The largest absolute Gasteiger partial charge is 0.370 e. The second kappa shape index (κ2) is 6.79. The molecule has 1 heterocycles. The maximum absolute atomic E-state index is 11.2. The molecule has 21 heavy (non-hydrogen) atoms. The third-order valence-electron chi connectivity index (χ3n) is 4.23. The summed E-state index contributed by atoms with van der Waals surface area (Å²) in [6.07, 6.45) is 5.91. The molecule has 1 amide bonds. The molecule has 0 radical (unpaired) electrons. The lowest BCUT2D eigenvalue weighted by atomic mass is 10.0. The van der Waals surface area contributed by atoms with Crippen LogP contribution in [0.5, 0.6) is 0 Å². The number of fused-ring (bicyclic) bond motifs is 1. The lowest BCUT2D eigenvalue weighted by Crippen LogP contribution is -2.12. The van der Waals surface area contributed by atoms with E-state index >= 15 is 0 Å². The molecule has 3 nitrogen and oxygen atoms in total. The fraction of sp³-hybridized carbons (Fsp3) is 0.500. The van der Waals surface area contributed by atoms with Gasteiger partial charge in [-0.2, -0.15) is 0 Å². The van der Waals surface area contributed by atoms with Crippen LogP contribution in [0.1, 0.15) is 49.4 Å². The van der Waals surface area contributed by atoms with Gasteiger partial charge < -0.3 is 10.3 Å². The standard InChI is InChI=1S/C18H26N2O/c1-4-5-6-7-16-14(9-11-18(19)21)15-12-13(2)8-10-17(15)20(16)3/h8,10,12H,4-7,9,11H2,1-3H3,(H2,19,21). The van der Waals surface area contributed by atoms with Gasteiger partial charge in [-0.1, -0.05) is 31.4 Å². The van der Waals surface area contributed by atoms with Gasteiger partial charge in [0.15, 0.2) is 0 Å². The Morgan fingerprint density at radius 2 is 2.00 bits per heavy atom. The maximum Gasteiger partial charge on any atom is 0.217 e. The van der Waals surface area contributed by atoms with Crippen LogP contribution in [0, 0.1) is 6.92 Å². The third kappa shape index (κ3) is 3.46. The highest BCUT2D eigenvalue weighted by atomic mass is 16.1. The highest BCUT2D eigenvalue weighted by Gasteiger charge is 2.15. The number of aryl methyl sites for hydroxylation is 3. The number of carbonyl (C=O) groups excluding carboxylic acids is 1. The SMILES string of the molecule is CCCCCc1c(CCC(N)=O)c2cc(C)ccc2n1C. The Hall–Kier alpha value is -1.77. The molecule has 0 spiro atoms. The Morgan fingerprint density at radius 1 is 1.24 bits per heavy atom. The smallest absolute Gasteiger partial charge is 0.217 e. The molecule has 2 N–H and O–H groups in total. The van der Waals surface area contributed by atoms with Crippen molar-refractivity contribution in [3.05, 3.63) is 35.0 Å². The van der Waals surface area contributed by atoms with E-state index in [2.05, 4.69) is 43.7 Å². The molecule has 3 heteroatoms. The van der Waals surface area contributed by atoms with Crippen LogP contribution < -0.4 is 5.73 Å². The van der Waals surface area contributed by atoms with Crippen molar-refractivity contribution in [2.24, 2.45) is 12.8 Å². The van der Waals surface area contributed by atoms with Crippen LogP contribution in [0.3, 0.4) is 0 Å². The van der Waals surface area contributed by atoms with Gasteiger partial charge in [0.2, 0.25) is 5.91 Å². The summed E-state index contributed by atoms with van der Waals surface area (Å²) in [5.41, 5.74) is 10.5. The highest BCUT2D eigenvalue weighted by Crippen LogP contribution is 2.28. The van der Waals surface area contributed by atoms with Gasteiger partial charge in [0, 0.05) is 30.1 Å². The van der Waals surface area contributed by atoms with Crippen LogP contribution in [-0.4, -0.2) is 10.5 Å². The number of unbranched alkanes of at least 4 members (excludes halogenated alkanes) is 2. The van der Waals surface area contributed by atoms with E-state index in [0.717, 1.165) is 12.8 Å². The number of primary amides is 1. The van der Waals surface area contributed by atoms with Gasteiger partial charge in [-0.3, -0.25) is 4.79 Å². The minimum atomic E-state index is -0.223. The van der Waals surface area contributed by atoms with Crippen molar-refractivity contribution < 1.29 is 4.79 Å². The van der Waals surface area contributed by atoms with E-state index < -0.39 is 0 Å². The van der Waals surface area contributed by atoms with Crippen LogP contribution in [0.2, 0.25) is 0 Å². The molecule has 0 aliphatic rings. The first kappa shape index (κ1) is 15.6. The molecular weight excluding hydrogens is 260 g/mol. The topological polar surface area (TPSA) is 48.0 Å². The van der Waals surface area contributed by atoms with Crippen molar-refractivity contribution in [2.75, 3.05) is 0 Å². The van der Waals surface area contributed by atoms with Crippen LogP contribution in [0.4, 0.5) is 0 Å². The van der Waals surface area contributed by atoms with Gasteiger partial charge in [0.25, 0.3) is 0 Å². The van der Waals surface area contributed by atoms with Gasteiger partial charge >= 0.3 is 0 Å². The fourth-order valence-corrected chi connectivity index (χ4v) is 3.08. The second-order valence-electron chi connectivity index (χ2n) is 5.93. The van der Waals surface area contributed by atoms with E-state index in [-0.39, 0.29) is 5.91 Å². The molecule has 2 aromatic rings. The summed E-state index contributed by atoms with van der Waals surface area (Å²) in [6, 6.07) is 6.56. The predicted octanol–water partition coefficient (Wildman–Crippen LogP) is 3.64. The summed E-state index contributed by atoms with van der Waals surface area (Å²) in [5.74, 6) is -0.223. The second-order valence-corrected chi connectivity index (χ2v) is 5.93. The molecule has 0 saturated heterocycles. The predicted molar refractivity (Wildman–Crippen MR) is 88.4 cm³/mol. The average molecular weight is 286 g/mol. The lowest BCUT2D eigenvalue weighted by Gasteiger charge is -2.07. The first-order chi connectivity index (χ1) is 10.0. The normalized spacial score (nSPS) is 11.2. The monoisotopic (exact) mass is 286 g/mol. The van der Waals surface area contributed by atoms with Crippen LogP contribution >= 0.6 is 0 Å². The zero-order valence-corrected chi connectivity index (χ0v) is 13.4. The van der Waals surface area contributed by atoms with Crippen LogP contribution in [0.15, 0.2) is 18.2 Å². The van der Waals surface area contributed by atoms with Crippen molar-refractivity contribution >= 4 is 16.8 Å². The van der Waals surface area contributed by atoms with Gasteiger partial charge in [-0.05, 0) is 43.9 Å². The van der Waals surface area contributed by atoms with Gasteiger partial charge in [-0.25, -0.2) is 0 Å². The number of carbonyl (C=O) groups is 1. The van der Waals surface area contributed by atoms with E-state index in [1.807, 2.05) is 0 Å². The quantitative estimate of drug-likeness (QED) is 0.776. The Kier molecular flexibility index (Phi) is 5.05. The number of amides is 1. The number of hydrogen-bond acceptors (Lipinski definition) is 1. The molecular formula is C18H26N2O. The minimum Gasteiger partial charge on any atom is -0.370 e. The molecule has 0 bridgehead atoms. The Morgan fingerprint density at radius 3 is 2.67 bits per heavy atom. The summed E-state index contributed by atoms with van der Waals surface area (Å²) in [6.45, 7) is 4.33. The summed E-state index contributed by atoms with van der Waals surface area (Å²) in [4.78, 5) is 11.2. The Labute approximate surface area is 127 Å². The fourth-order valence-electron chi connectivity index (χ4n) is 3.08. The Bertz CT molecular complexity index is 640. The minimum absolute atomic E-state index is 0.223. The molecule has 0 fully saturated rings. The van der Waals surface area contributed by atoms with E-state index in [1.54, 1.807) is 0 Å². The first-order valence-corrected chi connectivity index (χ1v) is 7.89. The number of hydrogen-bond donors (Lipinski definition) is 1. The molecule has 1 aromatic heterocycles. The van der Waals surface area contributed by atoms with Crippen LogP contribution in [-0.2, 0) is 24.7 Å². The first-order valence-electron chi connectivity index (χ1n) is 7.89. The number of aromatic nitrogens is 1. The average Bonchev–Trinajstić information content (AvgIpc) is 2.69. The van der Waals surface area contributed by atoms with E-state index in [0.29, 0.717) is 6.42 Å². The van der Waals surface area contributed by atoms with E-state index in [4.69, 9.17) is 5.73 Å². The molecule has 0 aliphatic heterocycles. The lowest BCUT2D eigenvalue weighted by molar-refractivity contribution is -0.117. The Balaban J connectivity index is 2.44. The number of benzene rings is 1. The molecule has 114 valence electrons. The molecule has 1 aromatic carbocycles. The van der Waals surface area contributed by atoms with Gasteiger partial charge in [0.05, 0.1) is 0 Å². The van der Waals surface area contributed by atoms with Crippen molar-refractivity contribution in [1.29, 1.82) is 0 Å². The summed E-state index contributed by atoms with van der Waals surface area (Å²) in [5, 5.41) is 1.28. The van der Waals surface area contributed by atoms with Crippen molar-refractivity contribution in [2.45, 2.75) is 52.4 Å². The summed E-state index contributed by atoms with van der Waals surface area (Å²) < 4.78 is 2.29. The number of nitrogens with zero attached hydrogens (tertiary/aromatic N) is 1. The van der Waals surface area contributed by atoms with Crippen molar-refractivity contribution in [3.8, 4) is 0 Å². The third-order valence-corrected chi connectivity index (χ3v) is 4.23. The summed E-state index contributed by atoms with van der Waals surface area (Å²) >= 11 is 0. The van der Waals surface area contributed by atoms with Crippen molar-refractivity contribution in [3.63, 3.8) is 0 Å². The zero-order chi connectivity index (χ0) is 15.4. The van der Waals surface area contributed by atoms with E-state index in [9.17, 15) is 4.79 Å². The maximum atomic E-state index is 11.2. The van der Waals surface area contributed by atoms with E-state index in [1.165, 1.54) is 47.0 Å². The summed E-state index contributed by atoms with van der Waals surface area (Å²) in [7, 11) is 2.13.